The fraction of sp³-hybridized carbons (Fsp3) is 0.200. The van der Waals surface area contributed by atoms with E-state index in [0.29, 0.717) is 0 Å². The van der Waals surface area contributed by atoms with Gasteiger partial charge < -0.3 is 0 Å². The van der Waals surface area contributed by atoms with Crippen molar-refractivity contribution in [2.45, 2.75) is 6.17 Å². The van der Waals surface area contributed by atoms with Crippen LogP contribution in [-0.4, -0.2) is 29.3 Å². The van der Waals surface area contributed by atoms with Crippen LogP contribution >= 0.6 is 0 Å². The highest BCUT2D eigenvalue weighted by atomic mass is 32.1. The minimum Gasteiger partial charge on any atom is -0.207 e. The molecule has 0 aliphatic carbocycles. The Labute approximate surface area is 135 Å². The minimum atomic E-state index is -0.0573. The van der Waals surface area contributed by atoms with E-state index in [4.69, 9.17) is 12.4 Å². The van der Waals surface area contributed by atoms with E-state index in [1.165, 1.54) is 0 Å². The predicted octanol–water partition coefficient (Wildman–Crippen LogP) is 2.27. The van der Waals surface area contributed by atoms with Gasteiger partial charge in [-0.2, -0.15) is 0 Å². The largest absolute Gasteiger partial charge is 0.207 e. The third-order valence-corrected chi connectivity index (χ3v) is 3.83. The Hall–Kier alpha value is -2.06. The monoisotopic (exact) mass is 314 g/mol. The van der Waals surface area contributed by atoms with E-state index in [9.17, 15) is 0 Å². The lowest BCUT2D eigenvalue weighted by atomic mass is 10.2. The molecule has 2 aromatic rings. The smallest absolute Gasteiger partial charge is 0.145 e. The van der Waals surface area contributed by atoms with Crippen LogP contribution in [0.4, 0.5) is 5.69 Å². The summed E-state index contributed by atoms with van der Waals surface area (Å²) in [4.78, 5) is 0. The molecule has 0 radical (unpaired) electrons. The summed E-state index contributed by atoms with van der Waals surface area (Å²) < 4.78 is 3.70. The molecule has 0 amide bonds. The molecule has 3 rings (SSSR count). The molecule has 6 nitrogen and oxygen atoms in total. The Kier molecular flexibility index (Phi) is 4.30. The summed E-state index contributed by atoms with van der Waals surface area (Å²) in [7, 11) is 4.02. The fourth-order valence-corrected chi connectivity index (χ4v) is 2.75. The number of hydrazine groups is 4. The highest BCUT2D eigenvalue weighted by molar-refractivity contribution is 7.47. The van der Waals surface area contributed by atoms with Crippen LogP contribution in [0.5, 0.6) is 0 Å². The topological polar surface area (TPSA) is 37.4 Å². The molecule has 0 aromatic heterocycles. The zero-order chi connectivity index (χ0) is 15.5. The molecule has 1 saturated heterocycles. The normalized spacial score (nSPS) is 20.3. The average Bonchev–Trinajstić information content (AvgIpc) is 2.81. The van der Waals surface area contributed by atoms with Gasteiger partial charge in [0.25, 0.3) is 0 Å². The highest BCUT2D eigenvalue weighted by Gasteiger charge is 2.42. The molecule has 1 fully saturated rings. The Balaban J connectivity index is 2.02. The summed E-state index contributed by atoms with van der Waals surface area (Å²) in [6, 6.07) is 20.3. The van der Waals surface area contributed by atoms with E-state index in [-0.39, 0.29) is 6.17 Å². The van der Waals surface area contributed by atoms with Crippen molar-refractivity contribution in [1.29, 1.82) is 0 Å². The van der Waals surface area contributed by atoms with Crippen LogP contribution in [0.2, 0.25) is 0 Å². The molecule has 1 aliphatic rings. The molecule has 0 bridgehead atoms. The summed E-state index contributed by atoms with van der Waals surface area (Å²) in [5.41, 5.74) is 5.07. The Bertz CT molecular complexity index is 571. The summed E-state index contributed by atoms with van der Waals surface area (Å²) in [5.74, 6) is 0. The first-order valence-corrected chi connectivity index (χ1v) is 7.34. The van der Waals surface area contributed by atoms with Gasteiger partial charge in [0.05, 0.1) is 18.1 Å². The van der Waals surface area contributed by atoms with Crippen molar-refractivity contribution in [3.63, 3.8) is 0 Å². The van der Waals surface area contributed by atoms with Gasteiger partial charge in [-0.05, 0) is 17.7 Å². The molecule has 2 aromatic carbocycles. The Morgan fingerprint density at radius 2 is 1.55 bits per heavy atom. The first-order valence-electron chi connectivity index (χ1n) is 6.97. The van der Waals surface area contributed by atoms with E-state index >= 15 is 0 Å². The van der Waals surface area contributed by atoms with Gasteiger partial charge in [-0.15, -0.1) is 5.12 Å². The summed E-state index contributed by atoms with van der Waals surface area (Å²) >= 11 is 4.78. The maximum atomic E-state index is 4.78. The quantitative estimate of drug-likeness (QED) is 0.873. The van der Waals surface area contributed by atoms with Gasteiger partial charge in [-0.25, -0.2) is 15.7 Å². The van der Waals surface area contributed by atoms with Crippen molar-refractivity contribution in [2.24, 2.45) is 4.47 Å². The van der Waals surface area contributed by atoms with Crippen molar-refractivity contribution in [2.75, 3.05) is 19.2 Å². The van der Waals surface area contributed by atoms with Crippen molar-refractivity contribution in [3.8, 4) is 0 Å². The summed E-state index contributed by atoms with van der Waals surface area (Å²) in [6.07, 6.45) is -0.0573. The summed E-state index contributed by atoms with van der Waals surface area (Å²) in [5, 5.41) is 8.02. The molecule has 1 heterocycles. The fourth-order valence-electron chi connectivity index (χ4n) is 2.67. The maximum absolute atomic E-state index is 4.78. The number of nitrogens with one attached hydrogen (secondary N) is 1. The molecule has 114 valence electrons. The molecular formula is C15H18N6S. The first-order chi connectivity index (χ1) is 10.7. The van der Waals surface area contributed by atoms with E-state index in [0.717, 1.165) is 11.3 Å². The molecule has 1 aliphatic heterocycles. The molecule has 7 heteroatoms. The van der Waals surface area contributed by atoms with Crippen molar-refractivity contribution >= 4 is 18.1 Å². The van der Waals surface area contributed by atoms with Crippen molar-refractivity contribution < 1.29 is 0 Å². The summed E-state index contributed by atoms with van der Waals surface area (Å²) in [6.45, 7) is 0. The number of rotatable bonds is 4. The van der Waals surface area contributed by atoms with E-state index in [1.807, 2.05) is 78.0 Å². The molecule has 22 heavy (non-hydrogen) atoms. The lowest BCUT2D eigenvalue weighted by Crippen LogP contribution is -2.49. The predicted molar refractivity (Wildman–Crippen MR) is 88.4 cm³/mol. The minimum absolute atomic E-state index is 0.0573. The van der Waals surface area contributed by atoms with Crippen LogP contribution in [0.1, 0.15) is 11.7 Å². The van der Waals surface area contributed by atoms with Gasteiger partial charge in [0.2, 0.25) is 0 Å². The maximum Gasteiger partial charge on any atom is 0.145 e. The molecular weight excluding hydrogens is 296 g/mol. The third kappa shape index (κ3) is 2.55. The second-order valence-electron chi connectivity index (χ2n) is 5.01. The SMILES string of the molecule is CN1C(c2ccccc2)N(NN=S)N(c2ccccc2)N1C. The van der Waals surface area contributed by atoms with Gasteiger partial charge in [0, 0.05) is 14.1 Å². The van der Waals surface area contributed by atoms with Gasteiger partial charge in [0.1, 0.15) is 6.17 Å². The Morgan fingerprint density at radius 3 is 2.14 bits per heavy atom. The number of hydrogen-bond donors (Lipinski definition) is 1. The van der Waals surface area contributed by atoms with Crippen LogP contribution < -0.4 is 10.7 Å². The number of para-hydroxylation sites is 1. The zero-order valence-corrected chi connectivity index (χ0v) is 13.3. The van der Waals surface area contributed by atoms with E-state index < -0.39 is 0 Å². The third-order valence-electron chi connectivity index (χ3n) is 3.75. The van der Waals surface area contributed by atoms with Crippen molar-refractivity contribution in [1.82, 2.24) is 20.8 Å². The molecule has 1 atom stereocenters. The standard InChI is InChI=1S/C15H18N6S/c1-18-15(13-9-5-3-6-10-13)20(16-17-22)21(19(18)2)14-11-7-4-8-12-14/h3-12,15H,1-2H3,(H,16,22). The Morgan fingerprint density at radius 1 is 0.955 bits per heavy atom. The van der Waals surface area contributed by atoms with Crippen molar-refractivity contribution in [3.05, 3.63) is 66.2 Å². The number of hydrogen-bond acceptors (Lipinski definition) is 6. The van der Waals surface area contributed by atoms with Gasteiger partial charge in [-0.1, -0.05) is 58.1 Å². The van der Waals surface area contributed by atoms with E-state index in [1.54, 1.807) is 0 Å². The van der Waals surface area contributed by atoms with Crippen LogP contribution in [0, 0.1) is 0 Å². The first kappa shape index (κ1) is 14.9. The highest BCUT2D eigenvalue weighted by Crippen LogP contribution is 2.35. The second-order valence-corrected chi connectivity index (χ2v) is 5.19. The number of benzene rings is 2. The van der Waals surface area contributed by atoms with E-state index in [2.05, 4.69) is 27.1 Å². The number of anilines is 1. The van der Waals surface area contributed by atoms with Gasteiger partial charge in [-0.3, -0.25) is 0 Å². The lowest BCUT2D eigenvalue weighted by molar-refractivity contribution is 0.0363. The van der Waals surface area contributed by atoms with Gasteiger partial charge in [0.15, 0.2) is 0 Å². The number of nitrogens with zero attached hydrogens (tertiary/aromatic N) is 5. The van der Waals surface area contributed by atoms with Crippen LogP contribution in [0.3, 0.4) is 0 Å². The molecule has 0 spiro atoms. The molecule has 0 saturated carbocycles. The average molecular weight is 314 g/mol. The molecule has 1 unspecified atom stereocenters. The van der Waals surface area contributed by atoms with Gasteiger partial charge >= 0.3 is 0 Å². The second kappa shape index (κ2) is 6.37. The van der Waals surface area contributed by atoms with Crippen LogP contribution in [-0.2, 0) is 12.4 Å². The molecule has 1 N–H and O–H groups in total. The van der Waals surface area contributed by atoms with Crippen LogP contribution in [0.25, 0.3) is 0 Å². The zero-order valence-electron chi connectivity index (χ0n) is 12.5. The van der Waals surface area contributed by atoms with Crippen LogP contribution in [0.15, 0.2) is 65.1 Å². The lowest BCUT2D eigenvalue weighted by Gasteiger charge is -2.31.